The molecule has 0 aliphatic rings. The largest absolute Gasteiger partial charge is 0.366 e. The first kappa shape index (κ1) is 17.1. The van der Waals surface area contributed by atoms with Gasteiger partial charge in [-0.15, -0.1) is 0 Å². The van der Waals surface area contributed by atoms with Crippen molar-refractivity contribution in [2.24, 2.45) is 5.73 Å². The van der Waals surface area contributed by atoms with E-state index in [9.17, 15) is 9.18 Å². The number of fused-ring (bicyclic) bond motifs is 1. The van der Waals surface area contributed by atoms with Gasteiger partial charge in [0.2, 0.25) is 5.91 Å². The van der Waals surface area contributed by atoms with Crippen LogP contribution in [0, 0.1) is 5.82 Å². The molecule has 2 N–H and O–H groups in total. The summed E-state index contributed by atoms with van der Waals surface area (Å²) >= 11 is 6.04. The third-order valence-electron chi connectivity index (χ3n) is 4.31. The molecule has 0 bridgehead atoms. The second kappa shape index (κ2) is 6.78. The highest BCUT2D eigenvalue weighted by atomic mass is 35.5. The van der Waals surface area contributed by atoms with Crippen LogP contribution in [-0.4, -0.2) is 15.9 Å². The molecule has 0 unspecified atom stereocenters. The molecule has 0 aliphatic heterocycles. The highest BCUT2D eigenvalue weighted by molar-refractivity contribution is 6.30. The van der Waals surface area contributed by atoms with Crippen LogP contribution in [0.5, 0.6) is 0 Å². The Morgan fingerprint density at radius 2 is 1.81 bits per heavy atom. The number of halogens is 2. The highest BCUT2D eigenvalue weighted by Gasteiger charge is 2.15. The van der Waals surface area contributed by atoms with Gasteiger partial charge < -0.3 is 5.73 Å². The molecule has 27 heavy (non-hydrogen) atoms. The van der Waals surface area contributed by atoms with Crippen LogP contribution in [0.1, 0.15) is 10.4 Å². The lowest BCUT2D eigenvalue weighted by molar-refractivity contribution is 0.100. The predicted octanol–water partition coefficient (Wildman–Crippen LogP) is 4.86. The maximum atomic E-state index is 14.4. The molecule has 2 aromatic heterocycles. The van der Waals surface area contributed by atoms with Crippen molar-refractivity contribution in [1.82, 2.24) is 9.97 Å². The van der Waals surface area contributed by atoms with Crippen molar-refractivity contribution in [3.63, 3.8) is 0 Å². The number of amides is 1. The first-order valence-corrected chi connectivity index (χ1v) is 8.52. The number of nitrogens with zero attached hydrogens (tertiary/aromatic N) is 2. The Morgan fingerprint density at radius 3 is 2.63 bits per heavy atom. The van der Waals surface area contributed by atoms with Gasteiger partial charge in [-0.1, -0.05) is 23.7 Å². The lowest BCUT2D eigenvalue weighted by atomic mass is 9.96. The molecule has 0 radical (unpaired) electrons. The summed E-state index contributed by atoms with van der Waals surface area (Å²) < 4.78 is 14.4. The predicted molar refractivity (Wildman–Crippen MR) is 104 cm³/mol. The van der Waals surface area contributed by atoms with Gasteiger partial charge in [0.05, 0.1) is 16.8 Å². The van der Waals surface area contributed by atoms with Gasteiger partial charge in [0.15, 0.2) is 0 Å². The van der Waals surface area contributed by atoms with E-state index in [-0.39, 0.29) is 0 Å². The van der Waals surface area contributed by atoms with E-state index in [0.29, 0.717) is 38.3 Å². The lowest BCUT2D eigenvalue weighted by Gasteiger charge is -2.11. The van der Waals surface area contributed by atoms with Crippen LogP contribution in [-0.2, 0) is 0 Å². The minimum atomic E-state index is -0.535. The van der Waals surface area contributed by atoms with E-state index in [2.05, 4.69) is 9.97 Å². The second-order valence-electron chi connectivity index (χ2n) is 5.98. The Labute approximate surface area is 159 Å². The topological polar surface area (TPSA) is 68.9 Å². The molecule has 132 valence electrons. The summed E-state index contributed by atoms with van der Waals surface area (Å²) in [5.74, 6) is -0.952. The van der Waals surface area contributed by atoms with Crippen LogP contribution < -0.4 is 5.73 Å². The zero-order chi connectivity index (χ0) is 19.0. The minimum Gasteiger partial charge on any atom is -0.366 e. The number of primary amides is 1. The molecule has 0 aliphatic carbocycles. The molecule has 0 saturated heterocycles. The van der Waals surface area contributed by atoms with Gasteiger partial charge in [0.1, 0.15) is 5.82 Å². The van der Waals surface area contributed by atoms with Gasteiger partial charge in [-0.3, -0.25) is 14.8 Å². The average Bonchev–Trinajstić information content (AvgIpc) is 2.69. The second-order valence-corrected chi connectivity index (χ2v) is 6.41. The van der Waals surface area contributed by atoms with E-state index in [1.165, 1.54) is 12.1 Å². The van der Waals surface area contributed by atoms with E-state index in [0.717, 1.165) is 5.56 Å². The molecule has 0 spiro atoms. The summed E-state index contributed by atoms with van der Waals surface area (Å²) in [5.41, 5.74) is 8.74. The first-order chi connectivity index (χ1) is 13.0. The summed E-state index contributed by atoms with van der Waals surface area (Å²) in [5, 5.41) is 1.05. The number of benzene rings is 2. The summed E-state index contributed by atoms with van der Waals surface area (Å²) in [4.78, 5) is 20.4. The number of hydrogen-bond donors (Lipinski definition) is 1. The van der Waals surface area contributed by atoms with Crippen LogP contribution in [0.2, 0.25) is 5.02 Å². The summed E-state index contributed by atoms with van der Waals surface area (Å²) in [6, 6.07) is 15.0. The van der Waals surface area contributed by atoms with Crippen molar-refractivity contribution >= 4 is 28.4 Å². The van der Waals surface area contributed by atoms with Gasteiger partial charge in [-0.05, 0) is 48.0 Å². The van der Waals surface area contributed by atoms with E-state index in [1.807, 2.05) is 18.2 Å². The Morgan fingerprint density at radius 1 is 0.963 bits per heavy atom. The van der Waals surface area contributed by atoms with E-state index in [4.69, 9.17) is 17.3 Å². The smallest absolute Gasteiger partial charge is 0.249 e. The number of carbonyl (C=O) groups excluding carboxylic acids is 1. The molecule has 4 nitrogen and oxygen atoms in total. The monoisotopic (exact) mass is 377 g/mol. The zero-order valence-corrected chi connectivity index (χ0v) is 14.7. The van der Waals surface area contributed by atoms with Crippen LogP contribution in [0.3, 0.4) is 0 Å². The van der Waals surface area contributed by atoms with Gasteiger partial charge in [-0.25, -0.2) is 4.39 Å². The van der Waals surface area contributed by atoms with E-state index >= 15 is 0 Å². The van der Waals surface area contributed by atoms with Crippen LogP contribution >= 0.6 is 11.6 Å². The number of hydrogen-bond acceptors (Lipinski definition) is 3. The highest BCUT2D eigenvalue weighted by Crippen LogP contribution is 2.34. The maximum Gasteiger partial charge on any atom is 0.249 e. The number of aromatic nitrogens is 2. The fourth-order valence-corrected chi connectivity index (χ4v) is 3.23. The normalized spacial score (nSPS) is 10.9. The quantitative estimate of drug-likeness (QED) is 0.554. The Hall–Kier alpha value is -3.31. The number of rotatable bonds is 3. The number of nitrogens with two attached hydrogens (primary N) is 1. The van der Waals surface area contributed by atoms with Crippen molar-refractivity contribution in [2.75, 3.05) is 0 Å². The Kier molecular flexibility index (Phi) is 4.30. The van der Waals surface area contributed by atoms with Crippen molar-refractivity contribution in [1.29, 1.82) is 0 Å². The maximum absolute atomic E-state index is 14.4. The molecule has 4 rings (SSSR count). The molecule has 0 atom stereocenters. The molecule has 6 heteroatoms. The van der Waals surface area contributed by atoms with Gasteiger partial charge in [-0.2, -0.15) is 0 Å². The van der Waals surface area contributed by atoms with Gasteiger partial charge in [0.25, 0.3) is 0 Å². The minimum absolute atomic E-state index is 0.305. The number of pyridine rings is 2. The average molecular weight is 378 g/mol. The van der Waals surface area contributed by atoms with Crippen molar-refractivity contribution in [2.45, 2.75) is 0 Å². The fourth-order valence-electron chi connectivity index (χ4n) is 3.06. The lowest BCUT2D eigenvalue weighted by Crippen LogP contribution is -2.11. The zero-order valence-electron chi connectivity index (χ0n) is 14.0. The van der Waals surface area contributed by atoms with Gasteiger partial charge >= 0.3 is 0 Å². The molecule has 0 fully saturated rings. The third kappa shape index (κ3) is 3.13. The molecular weight excluding hydrogens is 365 g/mol. The summed E-state index contributed by atoms with van der Waals surface area (Å²) in [6.45, 7) is 0. The van der Waals surface area contributed by atoms with Crippen molar-refractivity contribution in [3.8, 4) is 22.4 Å². The SMILES string of the molecule is NC(=O)c1ccnc2ccc(-c3cccnc3-c3cc(Cl)ccc3F)cc12. The number of carbonyl (C=O) groups is 1. The molecule has 2 aromatic carbocycles. The van der Waals surface area contributed by atoms with Crippen molar-refractivity contribution < 1.29 is 9.18 Å². The molecule has 4 aromatic rings. The van der Waals surface area contributed by atoms with Crippen LogP contribution in [0.4, 0.5) is 4.39 Å². The van der Waals surface area contributed by atoms with Gasteiger partial charge in [0, 0.05) is 33.9 Å². The fraction of sp³-hybridized carbons (Fsp3) is 0. The van der Waals surface area contributed by atoms with E-state index in [1.54, 1.807) is 36.7 Å². The van der Waals surface area contributed by atoms with Crippen molar-refractivity contribution in [3.05, 3.63) is 83.4 Å². The molecule has 1 amide bonds. The summed E-state index contributed by atoms with van der Waals surface area (Å²) in [6.07, 6.45) is 3.13. The Balaban J connectivity index is 1.96. The molecular formula is C21H13ClFN3O. The Bertz CT molecular complexity index is 1190. The summed E-state index contributed by atoms with van der Waals surface area (Å²) in [7, 11) is 0. The first-order valence-electron chi connectivity index (χ1n) is 8.14. The van der Waals surface area contributed by atoms with E-state index < -0.39 is 11.7 Å². The third-order valence-corrected chi connectivity index (χ3v) is 4.54. The molecule has 2 heterocycles. The van der Waals surface area contributed by atoms with Crippen LogP contribution in [0.25, 0.3) is 33.3 Å². The molecule has 0 saturated carbocycles. The standard InChI is InChI=1S/C21H13ClFN3O/c22-13-4-5-18(23)17(11-13)20-14(2-1-8-26-20)12-3-6-19-16(10-12)15(21(24)27)7-9-25-19/h1-11H,(H2,24,27). The van der Waals surface area contributed by atoms with Crippen LogP contribution in [0.15, 0.2) is 67.0 Å².